The molecular weight excluding hydrogens is 134 g/mol. The van der Waals surface area contributed by atoms with Crippen LogP contribution in [0.4, 0.5) is 0 Å². The van der Waals surface area contributed by atoms with Gasteiger partial charge in [-0.2, -0.15) is 0 Å². The Morgan fingerprint density at radius 2 is 2.30 bits per heavy atom. The monoisotopic (exact) mass is 146 g/mol. The van der Waals surface area contributed by atoms with E-state index in [1.807, 2.05) is 6.92 Å². The van der Waals surface area contributed by atoms with Crippen molar-refractivity contribution in [2.75, 3.05) is 6.61 Å². The van der Waals surface area contributed by atoms with Crippen LogP contribution in [0.3, 0.4) is 0 Å². The molecule has 1 unspecified atom stereocenters. The molecule has 4 heteroatoms. The van der Waals surface area contributed by atoms with Crippen molar-refractivity contribution < 1.29 is 14.4 Å². The second-order valence-corrected chi connectivity index (χ2v) is 1.93. The molecule has 0 bridgehead atoms. The highest BCUT2D eigenvalue weighted by molar-refractivity contribution is 5.74. The maximum atomic E-state index is 10.7. The third-order valence-electron chi connectivity index (χ3n) is 0.957. The van der Waals surface area contributed by atoms with E-state index in [0.717, 1.165) is 6.42 Å². The Morgan fingerprint density at radius 1 is 1.70 bits per heavy atom. The minimum Gasteiger partial charge on any atom is -0.464 e. The zero-order valence-corrected chi connectivity index (χ0v) is 6.22. The normalized spacial score (nSPS) is 12.7. The van der Waals surface area contributed by atoms with E-state index in [2.05, 4.69) is 9.57 Å². The van der Waals surface area contributed by atoms with E-state index in [0.29, 0.717) is 6.61 Å². The molecule has 0 aliphatic carbocycles. The molecule has 1 N–H and O–H groups in total. The topological polar surface area (TPSA) is 59.3 Å². The molecule has 59 valence electrons. The second-order valence-electron chi connectivity index (χ2n) is 1.93. The van der Waals surface area contributed by atoms with Crippen molar-refractivity contribution in [3.8, 4) is 0 Å². The van der Waals surface area contributed by atoms with Gasteiger partial charge in [-0.05, 0) is 13.3 Å². The SMILES string of the molecule is CCCOC(=O)C(C)O[NH]. The number of carbonyl (C=O) groups excluding carboxylic acids is 1. The van der Waals surface area contributed by atoms with Gasteiger partial charge in [0.05, 0.1) is 6.61 Å². The van der Waals surface area contributed by atoms with Crippen LogP contribution in [0.15, 0.2) is 0 Å². The fourth-order valence-electron chi connectivity index (χ4n) is 0.368. The molecule has 0 fully saturated rings. The molecule has 1 atom stereocenters. The van der Waals surface area contributed by atoms with Gasteiger partial charge in [0.2, 0.25) is 0 Å². The lowest BCUT2D eigenvalue weighted by molar-refractivity contribution is -0.157. The third kappa shape index (κ3) is 3.42. The van der Waals surface area contributed by atoms with Crippen LogP contribution in [0.2, 0.25) is 0 Å². The summed E-state index contributed by atoms with van der Waals surface area (Å²) in [6, 6.07) is 0. The maximum absolute atomic E-state index is 10.7. The van der Waals surface area contributed by atoms with Gasteiger partial charge >= 0.3 is 5.97 Å². The summed E-state index contributed by atoms with van der Waals surface area (Å²) in [6.07, 6.45) is 0.0164. The van der Waals surface area contributed by atoms with Crippen LogP contribution in [-0.4, -0.2) is 18.7 Å². The first-order valence-electron chi connectivity index (χ1n) is 3.21. The van der Waals surface area contributed by atoms with Crippen molar-refractivity contribution in [2.24, 2.45) is 0 Å². The second kappa shape index (κ2) is 5.20. The number of hydrogen-bond donors (Lipinski definition) is 0. The summed E-state index contributed by atoms with van der Waals surface area (Å²) in [5, 5.41) is 0. The van der Waals surface area contributed by atoms with E-state index in [-0.39, 0.29) is 0 Å². The van der Waals surface area contributed by atoms with Gasteiger partial charge in [0.1, 0.15) is 0 Å². The number of hydrogen-bond acceptors (Lipinski definition) is 3. The Bertz CT molecular complexity index is 105. The smallest absolute Gasteiger partial charge is 0.337 e. The Morgan fingerprint density at radius 3 is 2.70 bits per heavy atom. The zero-order valence-electron chi connectivity index (χ0n) is 6.22. The molecule has 0 aromatic carbocycles. The lowest BCUT2D eigenvalue weighted by atomic mass is 10.4. The van der Waals surface area contributed by atoms with E-state index in [9.17, 15) is 4.79 Å². The highest BCUT2D eigenvalue weighted by Crippen LogP contribution is 1.91. The predicted molar refractivity (Wildman–Crippen MR) is 34.9 cm³/mol. The predicted octanol–water partition coefficient (Wildman–Crippen LogP) is 0.543. The Kier molecular flexibility index (Phi) is 4.88. The molecule has 10 heavy (non-hydrogen) atoms. The van der Waals surface area contributed by atoms with Crippen molar-refractivity contribution in [3.63, 3.8) is 0 Å². The van der Waals surface area contributed by atoms with E-state index in [1.165, 1.54) is 6.92 Å². The molecule has 0 amide bonds. The number of ether oxygens (including phenoxy) is 1. The largest absolute Gasteiger partial charge is 0.464 e. The van der Waals surface area contributed by atoms with Crippen molar-refractivity contribution in [1.82, 2.24) is 5.90 Å². The molecule has 4 nitrogen and oxygen atoms in total. The summed E-state index contributed by atoms with van der Waals surface area (Å²) in [5.41, 5.74) is 0. The van der Waals surface area contributed by atoms with Crippen LogP contribution in [0.25, 0.3) is 0 Å². The van der Waals surface area contributed by atoms with Gasteiger partial charge in [-0.1, -0.05) is 6.92 Å². The molecule has 0 spiro atoms. The lowest BCUT2D eigenvalue weighted by Crippen LogP contribution is -2.22. The Labute approximate surface area is 60.2 Å². The summed E-state index contributed by atoms with van der Waals surface area (Å²) in [6.45, 7) is 3.77. The Hall–Kier alpha value is -0.610. The molecule has 0 rings (SSSR count). The van der Waals surface area contributed by atoms with Crippen LogP contribution >= 0.6 is 0 Å². The summed E-state index contributed by atoms with van der Waals surface area (Å²) >= 11 is 0. The standard InChI is InChI=1S/C6H12NO3/c1-3-4-9-6(8)5(2)10-7/h5,7H,3-4H2,1-2H3. The maximum Gasteiger partial charge on any atom is 0.337 e. The highest BCUT2D eigenvalue weighted by Gasteiger charge is 2.12. The lowest BCUT2D eigenvalue weighted by Gasteiger charge is -2.06. The number of esters is 1. The van der Waals surface area contributed by atoms with Crippen LogP contribution < -0.4 is 5.90 Å². The summed E-state index contributed by atoms with van der Waals surface area (Å²) in [7, 11) is 0. The summed E-state index contributed by atoms with van der Waals surface area (Å²) < 4.78 is 4.66. The first kappa shape index (κ1) is 9.39. The van der Waals surface area contributed by atoms with Crippen LogP contribution in [-0.2, 0) is 14.4 Å². The molecule has 0 aromatic heterocycles. The van der Waals surface area contributed by atoms with E-state index < -0.39 is 12.1 Å². The average molecular weight is 146 g/mol. The van der Waals surface area contributed by atoms with Gasteiger partial charge in [-0.25, -0.2) is 4.79 Å². The molecule has 0 saturated heterocycles. The highest BCUT2D eigenvalue weighted by atomic mass is 16.6. The molecule has 0 saturated carbocycles. The molecular formula is C6H12NO3. The van der Waals surface area contributed by atoms with E-state index in [4.69, 9.17) is 5.90 Å². The van der Waals surface area contributed by atoms with Crippen LogP contribution in [0.5, 0.6) is 0 Å². The first-order valence-corrected chi connectivity index (χ1v) is 3.21. The van der Waals surface area contributed by atoms with Crippen LogP contribution in [0, 0.1) is 0 Å². The molecule has 0 aromatic rings. The number of nitrogens with one attached hydrogen (secondary N) is 1. The van der Waals surface area contributed by atoms with E-state index in [1.54, 1.807) is 0 Å². The van der Waals surface area contributed by atoms with Crippen molar-refractivity contribution >= 4 is 5.97 Å². The van der Waals surface area contributed by atoms with Crippen molar-refractivity contribution in [3.05, 3.63) is 0 Å². The summed E-state index contributed by atoms with van der Waals surface area (Å²) in [4.78, 5) is 14.7. The van der Waals surface area contributed by atoms with Gasteiger partial charge in [-0.3, -0.25) is 4.84 Å². The fourth-order valence-corrected chi connectivity index (χ4v) is 0.368. The first-order chi connectivity index (χ1) is 4.72. The van der Waals surface area contributed by atoms with E-state index >= 15 is 0 Å². The molecule has 0 aliphatic heterocycles. The van der Waals surface area contributed by atoms with Gasteiger partial charge in [0.25, 0.3) is 0 Å². The van der Waals surface area contributed by atoms with Gasteiger partial charge in [0.15, 0.2) is 6.10 Å². The third-order valence-corrected chi connectivity index (χ3v) is 0.957. The minimum absolute atomic E-state index is 0.395. The number of rotatable bonds is 4. The van der Waals surface area contributed by atoms with Crippen molar-refractivity contribution in [1.29, 1.82) is 0 Å². The van der Waals surface area contributed by atoms with Crippen molar-refractivity contribution in [2.45, 2.75) is 26.4 Å². The van der Waals surface area contributed by atoms with Gasteiger partial charge in [-0.15, -0.1) is 5.90 Å². The minimum atomic E-state index is -0.772. The number of carbonyl (C=O) groups is 1. The molecule has 0 aliphatic rings. The van der Waals surface area contributed by atoms with Crippen LogP contribution in [0.1, 0.15) is 20.3 Å². The summed E-state index contributed by atoms with van der Waals surface area (Å²) in [5.74, 6) is 5.90. The molecule has 0 heterocycles. The quantitative estimate of drug-likeness (QED) is 0.429. The fraction of sp³-hybridized carbons (Fsp3) is 0.833. The average Bonchev–Trinajstić information content (AvgIpc) is 1.98. The zero-order chi connectivity index (χ0) is 7.98. The van der Waals surface area contributed by atoms with Gasteiger partial charge in [0, 0.05) is 0 Å². The Balaban J connectivity index is 3.42. The van der Waals surface area contributed by atoms with Gasteiger partial charge < -0.3 is 4.74 Å². The molecule has 1 radical (unpaired) electrons.